The van der Waals surface area contributed by atoms with Gasteiger partial charge >= 0.3 is 0 Å². The number of benzene rings is 3. The summed E-state index contributed by atoms with van der Waals surface area (Å²) in [5, 5.41) is 0. The van der Waals surface area contributed by atoms with E-state index in [9.17, 15) is 9.59 Å². The number of allylic oxidation sites excluding steroid dienone is 4. The monoisotopic (exact) mass is 485 g/mol. The molecular weight excluding hydrogens is 464 g/mol. The Kier molecular flexibility index (Phi) is 6.93. The predicted octanol–water partition coefficient (Wildman–Crippen LogP) is 6.76. The minimum absolute atomic E-state index is 0.0428. The van der Waals surface area contributed by atoms with Crippen molar-refractivity contribution in [3.63, 3.8) is 0 Å². The molecule has 1 aliphatic carbocycles. The third kappa shape index (κ3) is 4.87. The fraction of sp³-hybridized carbons (Fsp3) is 0.107. The van der Waals surface area contributed by atoms with Crippen LogP contribution >= 0.6 is 15.9 Å². The van der Waals surface area contributed by atoms with Crippen molar-refractivity contribution in [3.05, 3.63) is 131 Å². The van der Waals surface area contributed by atoms with E-state index >= 15 is 0 Å². The summed E-state index contributed by atoms with van der Waals surface area (Å²) in [7, 11) is 3.62. The van der Waals surface area contributed by atoms with Crippen molar-refractivity contribution < 1.29 is 14.3 Å². The second-order valence-corrected chi connectivity index (χ2v) is 8.57. The van der Waals surface area contributed by atoms with Gasteiger partial charge in [0.15, 0.2) is 11.6 Å². The van der Waals surface area contributed by atoms with Gasteiger partial charge in [-0.25, -0.2) is 0 Å². The molecule has 32 heavy (non-hydrogen) atoms. The molecule has 2 atom stereocenters. The zero-order valence-electron chi connectivity index (χ0n) is 17.4. The van der Waals surface area contributed by atoms with Gasteiger partial charge in [0.1, 0.15) is 6.10 Å². The lowest BCUT2D eigenvalue weighted by atomic mass is 9.84. The Morgan fingerprint density at radius 2 is 1.59 bits per heavy atom. The second-order valence-electron chi connectivity index (χ2n) is 7.65. The van der Waals surface area contributed by atoms with Crippen LogP contribution in [0.25, 0.3) is 5.57 Å². The van der Waals surface area contributed by atoms with Crippen LogP contribution in [-0.2, 0) is 9.53 Å². The number of Topliss-reactive ketones (excluding diaryl/α,β-unsaturated/α-hetero) is 2. The molecular formula is C28H22BrO3. The van der Waals surface area contributed by atoms with E-state index in [0.717, 1.165) is 21.2 Å². The first-order valence-electron chi connectivity index (χ1n) is 10.3. The molecule has 3 nitrogen and oxygen atoms in total. The smallest absolute Gasteiger partial charge is 0.170 e. The molecule has 4 rings (SSSR count). The molecule has 0 heterocycles. The van der Waals surface area contributed by atoms with Crippen LogP contribution in [0.15, 0.2) is 102 Å². The molecule has 159 valence electrons. The number of halogens is 1. The van der Waals surface area contributed by atoms with Gasteiger partial charge in [-0.2, -0.15) is 0 Å². The van der Waals surface area contributed by atoms with E-state index in [1.54, 1.807) is 18.2 Å². The molecule has 0 spiro atoms. The topological polar surface area (TPSA) is 43.4 Å². The van der Waals surface area contributed by atoms with E-state index in [2.05, 4.69) is 23.0 Å². The second kappa shape index (κ2) is 10.0. The van der Waals surface area contributed by atoms with E-state index in [0.29, 0.717) is 11.1 Å². The van der Waals surface area contributed by atoms with E-state index in [1.165, 1.54) is 0 Å². The molecule has 1 radical (unpaired) electrons. The highest BCUT2D eigenvalue weighted by Gasteiger charge is 2.26. The third-order valence-corrected chi connectivity index (χ3v) is 6.10. The number of rotatable bonds is 7. The van der Waals surface area contributed by atoms with Gasteiger partial charge in [0.25, 0.3) is 0 Å². The molecule has 0 N–H and O–H groups in total. The molecule has 4 heteroatoms. The van der Waals surface area contributed by atoms with Crippen molar-refractivity contribution in [1.29, 1.82) is 0 Å². The highest BCUT2D eigenvalue weighted by Crippen LogP contribution is 2.30. The number of hydrogen-bond acceptors (Lipinski definition) is 3. The van der Waals surface area contributed by atoms with Crippen LogP contribution in [0.4, 0.5) is 0 Å². The lowest BCUT2D eigenvalue weighted by Gasteiger charge is -2.19. The summed E-state index contributed by atoms with van der Waals surface area (Å²) >= 11 is 3.37. The number of carbonyl (C=O) groups excluding carboxylic acids is 2. The first-order valence-corrected chi connectivity index (χ1v) is 11.1. The maximum absolute atomic E-state index is 13.1. The molecule has 0 saturated carbocycles. The van der Waals surface area contributed by atoms with Gasteiger partial charge in [-0.1, -0.05) is 101 Å². The van der Waals surface area contributed by atoms with Crippen molar-refractivity contribution >= 4 is 33.1 Å². The first kappa shape index (κ1) is 22.1. The standard InChI is InChI=1S/C28H22BrO3/c1-32-28(21-6-3-2-4-7-21)22-12-10-19(11-13-22)25-9-5-8-23(27(25)31)18-26(30)20-14-16-24(29)17-15-20/h2-17,23,28H,1,18H2. The average Bonchev–Trinajstić information content (AvgIpc) is 2.82. The first-order chi connectivity index (χ1) is 15.6. The quantitative estimate of drug-likeness (QED) is 0.347. The van der Waals surface area contributed by atoms with Gasteiger partial charge in [0, 0.05) is 27.9 Å². The van der Waals surface area contributed by atoms with E-state index < -0.39 is 5.92 Å². The Bertz CT molecular complexity index is 1160. The third-order valence-electron chi connectivity index (χ3n) is 5.57. The summed E-state index contributed by atoms with van der Waals surface area (Å²) in [6, 6.07) is 24.8. The van der Waals surface area contributed by atoms with E-state index in [4.69, 9.17) is 4.74 Å². The van der Waals surface area contributed by atoms with Crippen molar-refractivity contribution in [2.24, 2.45) is 5.92 Å². The van der Waals surface area contributed by atoms with Gasteiger partial charge in [0.05, 0.1) is 7.11 Å². The molecule has 3 aromatic carbocycles. The summed E-state index contributed by atoms with van der Waals surface area (Å²) < 4.78 is 6.37. The summed E-state index contributed by atoms with van der Waals surface area (Å²) in [5.41, 5.74) is 4.00. The minimum Gasteiger partial charge on any atom is -0.366 e. The van der Waals surface area contributed by atoms with Crippen LogP contribution in [-0.4, -0.2) is 11.6 Å². The van der Waals surface area contributed by atoms with Crippen molar-refractivity contribution in [2.75, 3.05) is 0 Å². The molecule has 0 saturated heterocycles. The van der Waals surface area contributed by atoms with Gasteiger partial charge < -0.3 is 4.74 Å². The fourth-order valence-electron chi connectivity index (χ4n) is 3.86. The van der Waals surface area contributed by atoms with Crippen molar-refractivity contribution in [2.45, 2.75) is 12.5 Å². The molecule has 2 unspecified atom stereocenters. The Morgan fingerprint density at radius 1 is 0.938 bits per heavy atom. The number of hydrogen-bond donors (Lipinski definition) is 0. The molecule has 0 fully saturated rings. The number of carbonyl (C=O) groups is 2. The Hall–Kier alpha value is -3.08. The zero-order valence-corrected chi connectivity index (χ0v) is 19.0. The molecule has 0 bridgehead atoms. The highest BCUT2D eigenvalue weighted by molar-refractivity contribution is 9.10. The van der Waals surface area contributed by atoms with Gasteiger partial charge in [-0.15, -0.1) is 0 Å². The van der Waals surface area contributed by atoms with Crippen LogP contribution < -0.4 is 0 Å². The minimum atomic E-state index is -0.467. The van der Waals surface area contributed by atoms with Crippen LogP contribution in [0.2, 0.25) is 0 Å². The number of ketones is 2. The predicted molar refractivity (Wildman–Crippen MR) is 130 cm³/mol. The largest absolute Gasteiger partial charge is 0.366 e. The van der Waals surface area contributed by atoms with Crippen LogP contribution in [0.5, 0.6) is 0 Å². The van der Waals surface area contributed by atoms with Crippen molar-refractivity contribution in [3.8, 4) is 0 Å². The lowest BCUT2D eigenvalue weighted by molar-refractivity contribution is -0.116. The summed E-state index contributed by atoms with van der Waals surface area (Å²) in [6.45, 7) is 0. The zero-order chi connectivity index (χ0) is 22.5. The van der Waals surface area contributed by atoms with Gasteiger partial charge in [-0.05, 0) is 28.8 Å². The van der Waals surface area contributed by atoms with Gasteiger partial charge in [0.2, 0.25) is 0 Å². The molecule has 0 aliphatic heterocycles. The fourth-order valence-corrected chi connectivity index (χ4v) is 4.12. The van der Waals surface area contributed by atoms with E-state index in [1.807, 2.05) is 78.9 Å². The van der Waals surface area contributed by atoms with Crippen LogP contribution in [0.1, 0.15) is 39.6 Å². The Labute approximate surface area is 196 Å². The highest BCUT2D eigenvalue weighted by atomic mass is 79.9. The summed E-state index contributed by atoms with van der Waals surface area (Å²) in [6.07, 6.45) is 5.34. The van der Waals surface area contributed by atoms with E-state index in [-0.39, 0.29) is 24.1 Å². The normalized spacial score (nSPS) is 16.5. The summed E-state index contributed by atoms with van der Waals surface area (Å²) in [4.78, 5) is 25.8. The van der Waals surface area contributed by atoms with Gasteiger partial charge in [-0.3, -0.25) is 9.59 Å². The Morgan fingerprint density at radius 3 is 2.25 bits per heavy atom. The summed E-state index contributed by atoms with van der Waals surface area (Å²) in [5.74, 6) is -0.555. The average molecular weight is 486 g/mol. The Balaban J connectivity index is 1.49. The van der Waals surface area contributed by atoms with Crippen LogP contribution in [0.3, 0.4) is 0 Å². The SMILES string of the molecule is [CH2]OC(c1ccccc1)c1ccc(C2=CC=CC(CC(=O)c3ccc(Br)cc3)C2=O)cc1. The van der Waals surface area contributed by atoms with Crippen LogP contribution in [0, 0.1) is 13.0 Å². The molecule has 3 aromatic rings. The molecule has 0 amide bonds. The lowest BCUT2D eigenvalue weighted by Crippen LogP contribution is -2.20. The van der Waals surface area contributed by atoms with Crippen molar-refractivity contribution in [1.82, 2.24) is 0 Å². The number of ether oxygens (including phenoxy) is 1. The molecule has 0 aromatic heterocycles. The maximum Gasteiger partial charge on any atom is 0.170 e. The maximum atomic E-state index is 13.1. The molecule has 1 aliphatic rings.